The minimum absolute atomic E-state index is 0.0906. The number of hydrogen-bond acceptors (Lipinski definition) is 4. The van der Waals surface area contributed by atoms with Gasteiger partial charge in [-0.2, -0.15) is 0 Å². The molecule has 2 unspecified atom stereocenters. The molecule has 5 heteroatoms. The number of likely N-dealkylation sites (tertiary alicyclic amines) is 1. The number of fused-ring (bicyclic) bond motifs is 1. The third-order valence-corrected chi connectivity index (χ3v) is 5.69. The van der Waals surface area contributed by atoms with E-state index in [0.717, 1.165) is 25.4 Å². The molecule has 2 aromatic rings. The number of carbonyl (C=O) groups is 1. The Morgan fingerprint density at radius 1 is 1.00 bits per heavy atom. The first-order chi connectivity index (χ1) is 13.3. The number of carbonyl (C=O) groups excluding carboxylic acids is 1. The van der Waals surface area contributed by atoms with Crippen LogP contribution in [0.1, 0.15) is 32.1 Å². The minimum atomic E-state index is 0.0906. The molecule has 2 fully saturated rings. The number of nitrogens with zero attached hydrogens (tertiary/aromatic N) is 2. The molecule has 27 heavy (non-hydrogen) atoms. The van der Waals surface area contributed by atoms with Crippen LogP contribution in [0.5, 0.6) is 17.4 Å². The van der Waals surface area contributed by atoms with E-state index in [2.05, 4.69) is 4.98 Å². The number of amides is 1. The molecule has 142 valence electrons. The zero-order valence-corrected chi connectivity index (χ0v) is 15.5. The summed E-state index contributed by atoms with van der Waals surface area (Å²) in [6.45, 7) is 1.88. The maximum absolute atomic E-state index is 12.5. The van der Waals surface area contributed by atoms with Gasteiger partial charge in [-0.15, -0.1) is 0 Å². The summed E-state index contributed by atoms with van der Waals surface area (Å²) in [6.07, 6.45) is 8.12. The SMILES string of the molecule is O=C(COc1ccc(Oc2ccccn2)cc1)N1CCC2CCCCC2C1. The molecule has 0 N–H and O–H groups in total. The van der Waals surface area contributed by atoms with Gasteiger partial charge in [-0.05, 0) is 55.0 Å². The summed E-state index contributed by atoms with van der Waals surface area (Å²) in [6, 6.07) is 12.8. The van der Waals surface area contributed by atoms with E-state index < -0.39 is 0 Å². The molecule has 0 spiro atoms. The molecule has 1 aromatic heterocycles. The van der Waals surface area contributed by atoms with Crippen molar-refractivity contribution >= 4 is 5.91 Å². The highest BCUT2D eigenvalue weighted by molar-refractivity contribution is 5.77. The van der Waals surface area contributed by atoms with Gasteiger partial charge in [0.25, 0.3) is 5.91 Å². The Morgan fingerprint density at radius 2 is 1.78 bits per heavy atom. The van der Waals surface area contributed by atoms with Gasteiger partial charge in [0.15, 0.2) is 6.61 Å². The summed E-state index contributed by atoms with van der Waals surface area (Å²) >= 11 is 0. The predicted molar refractivity (Wildman–Crippen MR) is 103 cm³/mol. The van der Waals surface area contributed by atoms with Gasteiger partial charge in [-0.3, -0.25) is 4.79 Å². The van der Waals surface area contributed by atoms with Gasteiger partial charge < -0.3 is 14.4 Å². The van der Waals surface area contributed by atoms with Crippen molar-refractivity contribution in [2.75, 3.05) is 19.7 Å². The van der Waals surface area contributed by atoms with Crippen molar-refractivity contribution in [3.05, 3.63) is 48.7 Å². The number of aromatic nitrogens is 1. The number of hydrogen-bond donors (Lipinski definition) is 0. The fourth-order valence-electron chi connectivity index (χ4n) is 4.20. The smallest absolute Gasteiger partial charge is 0.260 e. The van der Waals surface area contributed by atoms with Gasteiger partial charge in [0.05, 0.1) is 0 Å². The summed E-state index contributed by atoms with van der Waals surface area (Å²) in [4.78, 5) is 18.6. The zero-order valence-electron chi connectivity index (χ0n) is 15.5. The van der Waals surface area contributed by atoms with E-state index >= 15 is 0 Å². The molecule has 0 bridgehead atoms. The highest BCUT2D eigenvalue weighted by Gasteiger charge is 2.32. The zero-order chi connectivity index (χ0) is 18.5. The van der Waals surface area contributed by atoms with E-state index in [4.69, 9.17) is 9.47 Å². The van der Waals surface area contributed by atoms with Crippen molar-refractivity contribution < 1.29 is 14.3 Å². The van der Waals surface area contributed by atoms with Crippen molar-refractivity contribution in [2.24, 2.45) is 11.8 Å². The molecule has 1 aliphatic heterocycles. The second-order valence-electron chi connectivity index (χ2n) is 7.46. The number of piperidine rings is 1. The lowest BCUT2D eigenvalue weighted by molar-refractivity contribution is -0.136. The van der Waals surface area contributed by atoms with Crippen LogP contribution in [0.15, 0.2) is 48.7 Å². The molecular weight excluding hydrogens is 340 g/mol. The Hall–Kier alpha value is -2.56. The van der Waals surface area contributed by atoms with Crippen molar-refractivity contribution in [1.82, 2.24) is 9.88 Å². The van der Waals surface area contributed by atoms with Gasteiger partial charge in [-0.1, -0.05) is 25.3 Å². The van der Waals surface area contributed by atoms with Crippen LogP contribution in [0.4, 0.5) is 0 Å². The van der Waals surface area contributed by atoms with Crippen LogP contribution in [0, 0.1) is 11.8 Å². The first-order valence-electron chi connectivity index (χ1n) is 9.87. The lowest BCUT2D eigenvalue weighted by Gasteiger charge is -2.41. The maximum Gasteiger partial charge on any atom is 0.260 e. The number of ether oxygens (including phenoxy) is 2. The Morgan fingerprint density at radius 3 is 2.56 bits per heavy atom. The topological polar surface area (TPSA) is 51.7 Å². The molecule has 1 aromatic carbocycles. The molecule has 4 rings (SSSR count). The summed E-state index contributed by atoms with van der Waals surface area (Å²) in [5.41, 5.74) is 0. The van der Waals surface area contributed by atoms with E-state index in [1.165, 1.54) is 25.7 Å². The quantitative estimate of drug-likeness (QED) is 0.792. The van der Waals surface area contributed by atoms with Crippen LogP contribution in [0.3, 0.4) is 0 Å². The van der Waals surface area contributed by atoms with E-state index in [1.54, 1.807) is 12.3 Å². The normalized spacial score (nSPS) is 22.0. The number of rotatable bonds is 5. The summed E-state index contributed by atoms with van der Waals surface area (Å²) in [5, 5.41) is 0. The Kier molecular flexibility index (Phi) is 5.56. The van der Waals surface area contributed by atoms with Gasteiger partial charge in [0.2, 0.25) is 5.88 Å². The van der Waals surface area contributed by atoms with Crippen molar-refractivity contribution in [2.45, 2.75) is 32.1 Å². The molecule has 1 amide bonds. The summed E-state index contributed by atoms with van der Waals surface area (Å²) in [5.74, 6) is 3.52. The highest BCUT2D eigenvalue weighted by Crippen LogP contribution is 2.36. The number of pyridine rings is 1. The van der Waals surface area contributed by atoms with Crippen molar-refractivity contribution in [1.29, 1.82) is 0 Å². The monoisotopic (exact) mass is 366 g/mol. The Bertz CT molecular complexity index is 748. The van der Waals surface area contributed by atoms with Crippen LogP contribution in [-0.2, 0) is 4.79 Å². The van der Waals surface area contributed by atoms with Crippen LogP contribution in [0.25, 0.3) is 0 Å². The Labute approximate surface area is 160 Å². The van der Waals surface area contributed by atoms with Crippen LogP contribution < -0.4 is 9.47 Å². The Balaban J connectivity index is 1.26. The third-order valence-electron chi connectivity index (χ3n) is 5.69. The molecule has 1 aliphatic carbocycles. The van der Waals surface area contributed by atoms with E-state index in [9.17, 15) is 4.79 Å². The van der Waals surface area contributed by atoms with Gasteiger partial charge >= 0.3 is 0 Å². The van der Waals surface area contributed by atoms with E-state index in [-0.39, 0.29) is 12.5 Å². The van der Waals surface area contributed by atoms with Crippen LogP contribution in [0.2, 0.25) is 0 Å². The average Bonchev–Trinajstić information content (AvgIpc) is 2.73. The molecule has 0 radical (unpaired) electrons. The fourth-order valence-corrected chi connectivity index (χ4v) is 4.20. The second-order valence-corrected chi connectivity index (χ2v) is 7.46. The van der Waals surface area contributed by atoms with Crippen LogP contribution >= 0.6 is 0 Å². The fraction of sp³-hybridized carbons (Fsp3) is 0.455. The van der Waals surface area contributed by atoms with Crippen LogP contribution in [-0.4, -0.2) is 35.5 Å². The number of benzene rings is 1. The largest absolute Gasteiger partial charge is 0.484 e. The standard InChI is InChI=1S/C22H26N2O3/c25-22(24-14-12-17-5-1-2-6-18(17)15-24)16-26-19-8-10-20(11-9-19)27-21-7-3-4-13-23-21/h3-4,7-11,13,17-18H,1-2,5-6,12,14-16H2. The average molecular weight is 366 g/mol. The maximum atomic E-state index is 12.5. The van der Waals surface area contributed by atoms with Crippen molar-refractivity contribution in [3.8, 4) is 17.4 Å². The first kappa shape index (κ1) is 17.8. The molecule has 2 heterocycles. The van der Waals surface area contributed by atoms with E-state index in [1.807, 2.05) is 41.3 Å². The van der Waals surface area contributed by atoms with Gasteiger partial charge in [-0.25, -0.2) is 4.98 Å². The minimum Gasteiger partial charge on any atom is -0.484 e. The molecule has 1 saturated heterocycles. The summed E-state index contributed by atoms with van der Waals surface area (Å²) in [7, 11) is 0. The van der Waals surface area contributed by atoms with E-state index in [0.29, 0.717) is 23.3 Å². The third kappa shape index (κ3) is 4.59. The molecule has 2 aliphatic rings. The highest BCUT2D eigenvalue weighted by atomic mass is 16.5. The molecular formula is C22H26N2O3. The van der Waals surface area contributed by atoms with Crippen molar-refractivity contribution in [3.63, 3.8) is 0 Å². The molecule has 2 atom stereocenters. The first-order valence-corrected chi connectivity index (χ1v) is 9.87. The second kappa shape index (κ2) is 8.42. The van der Waals surface area contributed by atoms with Gasteiger partial charge in [0.1, 0.15) is 11.5 Å². The lowest BCUT2D eigenvalue weighted by Crippen LogP contribution is -2.46. The van der Waals surface area contributed by atoms with Gasteiger partial charge in [0, 0.05) is 25.4 Å². The lowest BCUT2D eigenvalue weighted by atomic mass is 9.75. The predicted octanol–water partition coefficient (Wildman–Crippen LogP) is 4.29. The molecule has 5 nitrogen and oxygen atoms in total. The summed E-state index contributed by atoms with van der Waals surface area (Å²) < 4.78 is 11.4. The molecule has 1 saturated carbocycles.